The number of halogens is 3. The van der Waals surface area contributed by atoms with Gasteiger partial charge in [0, 0.05) is 13.1 Å². The lowest BCUT2D eigenvalue weighted by Crippen LogP contribution is -2.14. The summed E-state index contributed by atoms with van der Waals surface area (Å²) in [7, 11) is 0. The minimum Gasteiger partial charge on any atom is -0.321 e. The van der Waals surface area contributed by atoms with Crippen molar-refractivity contribution in [3.05, 3.63) is 60.6 Å². The van der Waals surface area contributed by atoms with Gasteiger partial charge in [0.15, 0.2) is 0 Å². The third-order valence-electron chi connectivity index (χ3n) is 2.52. The van der Waals surface area contributed by atoms with E-state index in [-0.39, 0.29) is 5.91 Å². The van der Waals surface area contributed by atoms with Gasteiger partial charge >= 0.3 is 0 Å². The molecule has 2 rings (SSSR count). The van der Waals surface area contributed by atoms with E-state index in [9.17, 15) is 4.79 Å². The predicted octanol–water partition coefficient (Wildman–Crippen LogP) is 4.83. The van der Waals surface area contributed by atoms with E-state index in [0.29, 0.717) is 21.8 Å². The average molecular weight is 461 g/mol. The second-order valence-electron chi connectivity index (χ2n) is 3.88. The van der Waals surface area contributed by atoms with Gasteiger partial charge in [-0.15, -0.1) is 0 Å². The molecule has 0 bridgehead atoms. The van der Waals surface area contributed by atoms with Crippen LogP contribution in [0.5, 0.6) is 0 Å². The molecule has 0 fully saturated rings. The summed E-state index contributed by atoms with van der Waals surface area (Å²) in [5.74, 6) is -0.283. The molecule has 0 aliphatic rings. The third-order valence-corrected chi connectivity index (χ3v) is 4.19. The fourth-order valence-electron chi connectivity index (χ4n) is 1.58. The molecule has 0 spiro atoms. The van der Waals surface area contributed by atoms with Crippen molar-refractivity contribution < 1.29 is 4.79 Å². The van der Waals surface area contributed by atoms with Crippen molar-refractivity contribution in [2.45, 2.75) is 0 Å². The van der Waals surface area contributed by atoms with E-state index in [1.165, 1.54) is 0 Å². The number of benzene rings is 2. The first-order valence-electron chi connectivity index (χ1n) is 5.47. The Hall–Kier alpha value is -1.10. The van der Waals surface area contributed by atoms with E-state index >= 15 is 0 Å². The number of hydrogen-bond donors (Lipinski definition) is 1. The second-order valence-corrected chi connectivity index (χ2v) is 6.39. The molecule has 2 aromatic rings. The number of nitriles is 1. The van der Waals surface area contributed by atoms with Gasteiger partial charge in [-0.2, -0.15) is 5.26 Å². The number of hydrogen-bond acceptors (Lipinski definition) is 2. The Morgan fingerprint density at radius 1 is 1.30 bits per heavy atom. The topological polar surface area (TPSA) is 52.9 Å². The van der Waals surface area contributed by atoms with Crippen LogP contribution in [0.15, 0.2) is 40.9 Å². The van der Waals surface area contributed by atoms with Crippen LogP contribution >= 0.6 is 50.1 Å². The highest BCUT2D eigenvalue weighted by molar-refractivity contribution is 14.1. The largest absolute Gasteiger partial charge is 0.321 e. The fraction of sp³-hybridized carbons (Fsp3) is 0. The minimum atomic E-state index is -0.283. The van der Waals surface area contributed by atoms with Gasteiger partial charge in [-0.05, 0) is 59.0 Å². The standard InChI is InChI=1S/C14H7BrClIN2O/c15-9-2-4-12(17)11(5-9)14(20)19-13-6-10(16)3-1-8(13)7-18/h1-6H,(H,19,20). The molecule has 0 aliphatic heterocycles. The van der Waals surface area contributed by atoms with Crippen LogP contribution in [0.2, 0.25) is 5.02 Å². The van der Waals surface area contributed by atoms with E-state index in [1.54, 1.807) is 24.3 Å². The van der Waals surface area contributed by atoms with E-state index in [4.69, 9.17) is 16.9 Å². The molecule has 0 aliphatic carbocycles. The summed E-state index contributed by atoms with van der Waals surface area (Å²) in [6.07, 6.45) is 0. The number of amides is 1. The smallest absolute Gasteiger partial charge is 0.256 e. The number of anilines is 1. The van der Waals surface area contributed by atoms with Crippen LogP contribution in [0.1, 0.15) is 15.9 Å². The Morgan fingerprint density at radius 3 is 2.75 bits per heavy atom. The van der Waals surface area contributed by atoms with Crippen molar-refractivity contribution in [1.29, 1.82) is 5.26 Å². The highest BCUT2D eigenvalue weighted by atomic mass is 127. The molecule has 1 N–H and O–H groups in total. The molecule has 3 nitrogen and oxygen atoms in total. The highest BCUT2D eigenvalue weighted by Crippen LogP contribution is 2.23. The Bertz CT molecular complexity index is 728. The molecule has 0 heterocycles. The van der Waals surface area contributed by atoms with Gasteiger partial charge in [0.25, 0.3) is 5.91 Å². The lowest BCUT2D eigenvalue weighted by molar-refractivity contribution is 0.102. The van der Waals surface area contributed by atoms with E-state index in [0.717, 1.165) is 8.04 Å². The molecule has 0 aromatic heterocycles. The van der Waals surface area contributed by atoms with E-state index in [2.05, 4.69) is 43.8 Å². The van der Waals surface area contributed by atoms with Gasteiger partial charge in [0.2, 0.25) is 0 Å². The van der Waals surface area contributed by atoms with Crippen molar-refractivity contribution in [1.82, 2.24) is 0 Å². The molecule has 1 amide bonds. The second kappa shape index (κ2) is 6.57. The summed E-state index contributed by atoms with van der Waals surface area (Å²) >= 11 is 11.3. The summed E-state index contributed by atoms with van der Waals surface area (Å²) in [4.78, 5) is 12.3. The molecule has 100 valence electrons. The number of nitrogens with zero attached hydrogens (tertiary/aromatic N) is 1. The zero-order valence-electron chi connectivity index (χ0n) is 9.95. The zero-order chi connectivity index (χ0) is 14.7. The van der Waals surface area contributed by atoms with Crippen LogP contribution in [0, 0.1) is 14.9 Å². The van der Waals surface area contributed by atoms with Crippen LogP contribution in [-0.2, 0) is 0 Å². The highest BCUT2D eigenvalue weighted by Gasteiger charge is 2.13. The maximum absolute atomic E-state index is 12.3. The van der Waals surface area contributed by atoms with Gasteiger partial charge in [0.05, 0.1) is 16.8 Å². The Balaban J connectivity index is 2.35. The van der Waals surface area contributed by atoms with Gasteiger partial charge in [0.1, 0.15) is 6.07 Å². The minimum absolute atomic E-state index is 0.283. The first-order chi connectivity index (χ1) is 9.51. The van der Waals surface area contributed by atoms with Crippen LogP contribution in [0.3, 0.4) is 0 Å². The summed E-state index contributed by atoms with van der Waals surface area (Å²) < 4.78 is 1.64. The summed E-state index contributed by atoms with van der Waals surface area (Å²) in [5.41, 5.74) is 1.30. The van der Waals surface area contributed by atoms with Crippen LogP contribution < -0.4 is 5.32 Å². The molecule has 0 saturated carbocycles. The fourth-order valence-corrected chi connectivity index (χ4v) is 2.69. The number of rotatable bonds is 2. The summed E-state index contributed by atoms with van der Waals surface area (Å²) in [6, 6.07) is 12.2. The van der Waals surface area contributed by atoms with Crippen LogP contribution in [0.4, 0.5) is 5.69 Å². The van der Waals surface area contributed by atoms with Crippen molar-refractivity contribution in [2.24, 2.45) is 0 Å². The number of carbonyl (C=O) groups is 1. The molecular weight excluding hydrogens is 454 g/mol. The quantitative estimate of drug-likeness (QED) is 0.652. The molecule has 0 unspecified atom stereocenters. The Morgan fingerprint density at radius 2 is 2.05 bits per heavy atom. The molecule has 0 saturated heterocycles. The van der Waals surface area contributed by atoms with Crippen molar-refractivity contribution in [3.63, 3.8) is 0 Å². The monoisotopic (exact) mass is 460 g/mol. The molecule has 0 atom stereocenters. The summed E-state index contributed by atoms with van der Waals surface area (Å²) in [6.45, 7) is 0. The number of nitrogens with one attached hydrogen (secondary N) is 1. The number of carbonyl (C=O) groups excluding carboxylic acids is 1. The van der Waals surface area contributed by atoms with Crippen molar-refractivity contribution in [3.8, 4) is 6.07 Å². The van der Waals surface area contributed by atoms with Gasteiger partial charge in [-0.25, -0.2) is 0 Å². The lowest BCUT2D eigenvalue weighted by atomic mass is 10.1. The first kappa shape index (κ1) is 15.3. The van der Waals surface area contributed by atoms with Crippen molar-refractivity contribution in [2.75, 3.05) is 5.32 Å². The Kier molecular flexibility index (Phi) is 5.02. The lowest BCUT2D eigenvalue weighted by Gasteiger charge is -2.09. The van der Waals surface area contributed by atoms with Gasteiger partial charge in [-0.3, -0.25) is 4.79 Å². The predicted molar refractivity (Wildman–Crippen MR) is 91.0 cm³/mol. The maximum atomic E-state index is 12.3. The van der Waals surface area contributed by atoms with E-state index < -0.39 is 0 Å². The van der Waals surface area contributed by atoms with Crippen molar-refractivity contribution >= 4 is 61.7 Å². The third kappa shape index (κ3) is 3.51. The molecule has 2 aromatic carbocycles. The SMILES string of the molecule is N#Cc1ccc(Cl)cc1NC(=O)c1cc(Br)ccc1I. The summed E-state index contributed by atoms with van der Waals surface area (Å²) in [5, 5.41) is 12.2. The zero-order valence-corrected chi connectivity index (χ0v) is 14.5. The molecule has 6 heteroatoms. The molecule has 0 radical (unpaired) electrons. The normalized spacial score (nSPS) is 9.90. The van der Waals surface area contributed by atoms with Crippen LogP contribution in [0.25, 0.3) is 0 Å². The maximum Gasteiger partial charge on any atom is 0.256 e. The first-order valence-corrected chi connectivity index (χ1v) is 7.72. The average Bonchev–Trinajstić information content (AvgIpc) is 2.41. The van der Waals surface area contributed by atoms with Crippen LogP contribution in [-0.4, -0.2) is 5.91 Å². The Labute approximate surface area is 143 Å². The molecular formula is C14H7BrClIN2O. The van der Waals surface area contributed by atoms with Gasteiger partial charge in [-0.1, -0.05) is 27.5 Å². The molecule has 20 heavy (non-hydrogen) atoms. The van der Waals surface area contributed by atoms with E-state index in [1.807, 2.05) is 18.2 Å². The van der Waals surface area contributed by atoms with Gasteiger partial charge < -0.3 is 5.32 Å².